The molecule has 0 atom stereocenters. The number of rotatable bonds is 3. The predicted octanol–water partition coefficient (Wildman–Crippen LogP) is 2.45. The lowest BCUT2D eigenvalue weighted by molar-refractivity contribution is 0.548. The summed E-state index contributed by atoms with van der Waals surface area (Å²) in [6, 6.07) is 10.9. The second-order valence-corrected chi connectivity index (χ2v) is 6.49. The van der Waals surface area contributed by atoms with Gasteiger partial charge in [-0.3, -0.25) is 13.9 Å². The molecule has 0 amide bonds. The van der Waals surface area contributed by atoms with Gasteiger partial charge >= 0.3 is 5.69 Å². The number of anilines is 1. The molecule has 0 bridgehead atoms. The van der Waals surface area contributed by atoms with Gasteiger partial charge in [0.1, 0.15) is 5.82 Å². The third-order valence-corrected chi connectivity index (χ3v) is 4.52. The van der Waals surface area contributed by atoms with E-state index in [4.69, 9.17) is 5.73 Å². The number of aromatic nitrogens is 2. The molecule has 1 aromatic carbocycles. The summed E-state index contributed by atoms with van der Waals surface area (Å²) in [6.07, 6.45) is 3.28. The topological polar surface area (TPSA) is 97.0 Å². The number of hydrogen-bond donors (Lipinski definition) is 1. The summed E-state index contributed by atoms with van der Waals surface area (Å²) in [4.78, 5) is 26.9. The van der Waals surface area contributed by atoms with Gasteiger partial charge in [-0.2, -0.15) is 5.26 Å². The summed E-state index contributed by atoms with van der Waals surface area (Å²) in [5.74, 6) is 0.649. The van der Waals surface area contributed by atoms with Crippen molar-refractivity contribution in [1.29, 1.82) is 5.26 Å². The first-order valence-electron chi connectivity index (χ1n) is 10.3. The van der Waals surface area contributed by atoms with Gasteiger partial charge in [0.15, 0.2) is 0 Å². The molecule has 0 unspecified atom stereocenters. The summed E-state index contributed by atoms with van der Waals surface area (Å²) >= 11 is 0. The van der Waals surface area contributed by atoms with Gasteiger partial charge in [0, 0.05) is 26.2 Å². The van der Waals surface area contributed by atoms with Crippen molar-refractivity contribution in [3.05, 3.63) is 62.3 Å². The minimum atomic E-state index is -0.351. The molecular formula is C22H33N5O2. The van der Waals surface area contributed by atoms with Crippen LogP contribution in [0.4, 0.5) is 5.82 Å². The fraction of sp³-hybridized carbons (Fsp3) is 0.500. The zero-order valence-electron chi connectivity index (χ0n) is 18.0. The number of nitrogens with two attached hydrogens (primary N) is 1. The molecule has 2 heterocycles. The third-order valence-electron chi connectivity index (χ3n) is 4.52. The van der Waals surface area contributed by atoms with Crippen LogP contribution in [-0.2, 0) is 13.6 Å². The molecule has 0 spiro atoms. The van der Waals surface area contributed by atoms with Crippen molar-refractivity contribution < 1.29 is 0 Å². The Hall–Kier alpha value is -2.85. The van der Waals surface area contributed by atoms with Gasteiger partial charge in [-0.05, 0) is 37.4 Å². The van der Waals surface area contributed by atoms with Crippen LogP contribution in [0.5, 0.6) is 0 Å². The van der Waals surface area contributed by atoms with E-state index >= 15 is 0 Å². The summed E-state index contributed by atoms with van der Waals surface area (Å²) in [5.41, 5.74) is 5.52. The highest BCUT2D eigenvalue weighted by Crippen LogP contribution is 2.19. The highest BCUT2D eigenvalue weighted by Gasteiger charge is 2.18. The molecule has 1 aliphatic rings. The molecule has 1 saturated heterocycles. The minimum Gasteiger partial charge on any atom is -0.358 e. The Morgan fingerprint density at radius 3 is 2.28 bits per heavy atom. The Labute approximate surface area is 173 Å². The van der Waals surface area contributed by atoms with Gasteiger partial charge in [-0.25, -0.2) is 4.79 Å². The molecule has 2 aromatic rings. The van der Waals surface area contributed by atoms with Crippen molar-refractivity contribution in [2.45, 2.75) is 46.6 Å². The summed E-state index contributed by atoms with van der Waals surface area (Å²) < 4.78 is 2.71. The minimum absolute atomic E-state index is 0.280. The van der Waals surface area contributed by atoms with Gasteiger partial charge in [0.2, 0.25) is 0 Å². The molecule has 158 valence electrons. The lowest BCUT2D eigenvalue weighted by atomic mass is 10.1. The molecule has 0 radical (unpaired) electrons. The Balaban J connectivity index is 0.000000771. The van der Waals surface area contributed by atoms with E-state index in [1.165, 1.54) is 19.5 Å². The number of piperidine rings is 1. The molecule has 1 aliphatic heterocycles. The lowest BCUT2D eigenvalue weighted by Gasteiger charge is -2.31. The molecular weight excluding hydrogens is 366 g/mol. The SMILES string of the molecule is CC.CCN.Cn1c(=O)cc(N2CCCCC2)n(Cc2ccccc2C#N)c1=O. The van der Waals surface area contributed by atoms with Crippen molar-refractivity contribution >= 4 is 5.82 Å². The van der Waals surface area contributed by atoms with Crippen LogP contribution in [0.15, 0.2) is 39.9 Å². The fourth-order valence-electron chi connectivity index (χ4n) is 3.13. The van der Waals surface area contributed by atoms with E-state index < -0.39 is 0 Å². The predicted molar refractivity (Wildman–Crippen MR) is 118 cm³/mol. The van der Waals surface area contributed by atoms with Gasteiger partial charge in [0.05, 0.1) is 18.2 Å². The second kappa shape index (κ2) is 12.6. The van der Waals surface area contributed by atoms with Crippen LogP contribution in [0.25, 0.3) is 0 Å². The van der Waals surface area contributed by atoms with E-state index in [0.717, 1.165) is 42.6 Å². The molecule has 0 aliphatic carbocycles. The van der Waals surface area contributed by atoms with E-state index in [-0.39, 0.29) is 17.8 Å². The van der Waals surface area contributed by atoms with Crippen LogP contribution in [0.1, 0.15) is 51.2 Å². The Morgan fingerprint density at radius 1 is 1.10 bits per heavy atom. The van der Waals surface area contributed by atoms with Crippen molar-refractivity contribution in [2.24, 2.45) is 12.8 Å². The standard InChI is InChI=1S/C18H20N4O2.C2H7N.C2H6/c1-20-17(23)11-16(21-9-5-2-6-10-21)22(18(20)24)13-15-8-4-3-7-14(15)12-19;1-2-3;1-2/h3-4,7-8,11H,2,5-6,9-10,13H2,1H3;2-3H2,1H3;1-2H3. The zero-order chi connectivity index (χ0) is 21.8. The van der Waals surface area contributed by atoms with E-state index in [0.29, 0.717) is 11.4 Å². The van der Waals surface area contributed by atoms with Crippen LogP contribution >= 0.6 is 0 Å². The summed E-state index contributed by atoms with van der Waals surface area (Å²) in [5, 5.41) is 9.28. The largest absolute Gasteiger partial charge is 0.358 e. The average molecular weight is 400 g/mol. The van der Waals surface area contributed by atoms with Crippen LogP contribution < -0.4 is 21.9 Å². The molecule has 1 fully saturated rings. The van der Waals surface area contributed by atoms with Crippen molar-refractivity contribution in [3.8, 4) is 6.07 Å². The van der Waals surface area contributed by atoms with Crippen LogP contribution in [0.2, 0.25) is 0 Å². The lowest BCUT2D eigenvalue weighted by Crippen LogP contribution is -2.43. The van der Waals surface area contributed by atoms with E-state index in [1.807, 2.05) is 32.9 Å². The monoisotopic (exact) mass is 399 g/mol. The first kappa shape index (κ1) is 24.2. The van der Waals surface area contributed by atoms with Gasteiger partial charge in [-0.1, -0.05) is 39.0 Å². The summed E-state index contributed by atoms with van der Waals surface area (Å²) in [6.45, 7) is 8.61. The molecule has 29 heavy (non-hydrogen) atoms. The molecule has 7 nitrogen and oxygen atoms in total. The first-order chi connectivity index (χ1) is 14.0. The number of nitriles is 1. The van der Waals surface area contributed by atoms with Gasteiger partial charge in [0.25, 0.3) is 5.56 Å². The number of nitrogens with zero attached hydrogens (tertiary/aromatic N) is 4. The fourth-order valence-corrected chi connectivity index (χ4v) is 3.13. The number of benzene rings is 1. The van der Waals surface area contributed by atoms with E-state index in [2.05, 4.69) is 11.0 Å². The molecule has 1 aromatic heterocycles. The maximum absolute atomic E-state index is 12.7. The third kappa shape index (κ3) is 6.33. The number of hydrogen-bond acceptors (Lipinski definition) is 5. The molecule has 3 rings (SSSR count). The van der Waals surface area contributed by atoms with E-state index in [9.17, 15) is 14.9 Å². The Morgan fingerprint density at radius 2 is 1.69 bits per heavy atom. The quantitative estimate of drug-likeness (QED) is 0.855. The van der Waals surface area contributed by atoms with Crippen molar-refractivity contribution in [1.82, 2.24) is 9.13 Å². The maximum Gasteiger partial charge on any atom is 0.332 e. The Kier molecular flexibility index (Phi) is 10.5. The summed E-state index contributed by atoms with van der Waals surface area (Å²) in [7, 11) is 1.48. The van der Waals surface area contributed by atoms with Crippen molar-refractivity contribution in [2.75, 3.05) is 24.5 Å². The van der Waals surface area contributed by atoms with E-state index in [1.54, 1.807) is 16.7 Å². The van der Waals surface area contributed by atoms with Crippen LogP contribution in [0.3, 0.4) is 0 Å². The second-order valence-electron chi connectivity index (χ2n) is 6.49. The van der Waals surface area contributed by atoms with Crippen molar-refractivity contribution in [3.63, 3.8) is 0 Å². The molecule has 2 N–H and O–H groups in total. The Bertz CT molecular complexity index is 918. The van der Waals surface area contributed by atoms with Crippen LogP contribution in [-0.4, -0.2) is 28.8 Å². The highest BCUT2D eigenvalue weighted by atomic mass is 16.2. The van der Waals surface area contributed by atoms with Gasteiger partial charge in [-0.15, -0.1) is 0 Å². The van der Waals surface area contributed by atoms with Crippen LogP contribution in [0, 0.1) is 11.3 Å². The maximum atomic E-state index is 12.7. The molecule has 0 saturated carbocycles. The first-order valence-corrected chi connectivity index (χ1v) is 10.3. The van der Waals surface area contributed by atoms with Gasteiger partial charge < -0.3 is 10.6 Å². The molecule has 7 heteroatoms. The smallest absolute Gasteiger partial charge is 0.332 e. The highest BCUT2D eigenvalue weighted by molar-refractivity contribution is 5.42. The normalized spacial score (nSPS) is 12.8. The average Bonchev–Trinajstić information content (AvgIpc) is 2.77. The zero-order valence-corrected chi connectivity index (χ0v) is 18.0.